The Bertz CT molecular complexity index is 390. The van der Waals surface area contributed by atoms with Gasteiger partial charge < -0.3 is 16.0 Å². The highest BCUT2D eigenvalue weighted by molar-refractivity contribution is 5.82. The summed E-state index contributed by atoms with van der Waals surface area (Å²) in [5, 5.41) is 8.89. The minimum absolute atomic E-state index is 0.0164. The number of carbonyl (C=O) groups is 1. The van der Waals surface area contributed by atoms with Crippen molar-refractivity contribution >= 4 is 17.3 Å². The Hall–Kier alpha value is -1.78. The molecule has 0 radical (unpaired) electrons. The summed E-state index contributed by atoms with van der Waals surface area (Å²) in [4.78, 5) is 15.7. The van der Waals surface area contributed by atoms with E-state index >= 15 is 0 Å². The predicted octanol–water partition coefficient (Wildman–Crippen LogP) is 1.31. The molecule has 0 aliphatic rings. The zero-order valence-electron chi connectivity index (χ0n) is 10.8. The van der Waals surface area contributed by atoms with Gasteiger partial charge in [-0.15, -0.1) is 0 Å². The Morgan fingerprint density at radius 1 is 1.29 bits per heavy atom. The molecule has 0 saturated carbocycles. The molecule has 0 aliphatic heterocycles. The van der Waals surface area contributed by atoms with E-state index < -0.39 is 5.41 Å². The second-order valence-corrected chi connectivity index (χ2v) is 4.53. The van der Waals surface area contributed by atoms with Gasteiger partial charge in [-0.25, -0.2) is 0 Å². The lowest BCUT2D eigenvalue weighted by atomic mass is 9.92. The summed E-state index contributed by atoms with van der Waals surface area (Å²) < 4.78 is 0. The molecule has 1 rings (SSSR count). The van der Waals surface area contributed by atoms with Gasteiger partial charge >= 0.3 is 0 Å². The molecule has 0 saturated heterocycles. The molecule has 17 heavy (non-hydrogen) atoms. The number of nitrogens with zero attached hydrogens (tertiary/aromatic N) is 1. The zero-order chi connectivity index (χ0) is 12.9. The first kappa shape index (κ1) is 13.3. The first-order valence-electron chi connectivity index (χ1n) is 5.58. The maximum Gasteiger partial charge on any atom is 0.227 e. The Morgan fingerprint density at radius 2 is 1.94 bits per heavy atom. The summed E-state index contributed by atoms with van der Waals surface area (Å²) >= 11 is 0. The first-order valence-corrected chi connectivity index (χ1v) is 5.58. The molecule has 1 amide bonds. The van der Waals surface area contributed by atoms with Crippen molar-refractivity contribution in [2.24, 2.45) is 5.41 Å². The molecular formula is C12H20N4O. The van der Waals surface area contributed by atoms with Crippen molar-refractivity contribution < 1.29 is 4.79 Å². The topological polar surface area (TPSA) is 66.0 Å². The molecule has 0 atom stereocenters. The van der Waals surface area contributed by atoms with Crippen molar-refractivity contribution in [2.45, 2.75) is 13.8 Å². The first-order chi connectivity index (χ1) is 7.99. The van der Waals surface area contributed by atoms with Crippen LogP contribution in [0.4, 0.5) is 11.4 Å². The lowest BCUT2D eigenvalue weighted by molar-refractivity contribution is -0.128. The van der Waals surface area contributed by atoms with Gasteiger partial charge in [-0.3, -0.25) is 9.78 Å². The van der Waals surface area contributed by atoms with Crippen LogP contribution < -0.4 is 16.0 Å². The maximum absolute atomic E-state index is 11.6. The molecule has 0 spiro atoms. The van der Waals surface area contributed by atoms with E-state index in [1.165, 1.54) is 0 Å². The molecule has 0 aliphatic carbocycles. The van der Waals surface area contributed by atoms with E-state index in [0.29, 0.717) is 6.54 Å². The van der Waals surface area contributed by atoms with Gasteiger partial charge in [-0.2, -0.15) is 0 Å². The normalized spacial score (nSPS) is 10.8. The average molecular weight is 236 g/mol. The van der Waals surface area contributed by atoms with E-state index in [2.05, 4.69) is 20.9 Å². The minimum atomic E-state index is -0.454. The van der Waals surface area contributed by atoms with Gasteiger partial charge in [0.25, 0.3) is 0 Å². The SMILES string of the molecule is CNC(=O)C(C)(C)CNc1cncc(NC)c1. The average Bonchev–Trinajstić information content (AvgIpc) is 2.35. The number of aromatic nitrogens is 1. The van der Waals surface area contributed by atoms with Crippen LogP contribution in [0.5, 0.6) is 0 Å². The van der Waals surface area contributed by atoms with E-state index in [-0.39, 0.29) is 5.91 Å². The van der Waals surface area contributed by atoms with Crippen LogP contribution in [-0.4, -0.2) is 31.5 Å². The fraction of sp³-hybridized carbons (Fsp3) is 0.500. The molecular weight excluding hydrogens is 216 g/mol. The molecule has 94 valence electrons. The van der Waals surface area contributed by atoms with Crippen molar-refractivity contribution in [3.63, 3.8) is 0 Å². The molecule has 0 aromatic carbocycles. The fourth-order valence-corrected chi connectivity index (χ4v) is 1.42. The third-order valence-corrected chi connectivity index (χ3v) is 2.60. The van der Waals surface area contributed by atoms with Crippen LogP contribution in [-0.2, 0) is 4.79 Å². The summed E-state index contributed by atoms with van der Waals surface area (Å²) in [5.41, 5.74) is 1.38. The van der Waals surface area contributed by atoms with Gasteiger partial charge in [0, 0.05) is 20.6 Å². The van der Waals surface area contributed by atoms with Crippen LogP contribution in [0, 0.1) is 5.41 Å². The number of carbonyl (C=O) groups excluding carboxylic acids is 1. The Kier molecular flexibility index (Phi) is 4.31. The fourth-order valence-electron chi connectivity index (χ4n) is 1.42. The summed E-state index contributed by atoms with van der Waals surface area (Å²) in [5.74, 6) is 0.0164. The number of anilines is 2. The van der Waals surface area contributed by atoms with Crippen LogP contribution in [0.15, 0.2) is 18.5 Å². The highest BCUT2D eigenvalue weighted by atomic mass is 16.2. The Morgan fingerprint density at radius 3 is 2.53 bits per heavy atom. The van der Waals surface area contributed by atoms with Crippen LogP contribution in [0.1, 0.15) is 13.8 Å². The molecule has 5 nitrogen and oxygen atoms in total. The molecule has 0 fully saturated rings. The summed E-state index contributed by atoms with van der Waals surface area (Å²) in [7, 11) is 3.49. The quantitative estimate of drug-likeness (QED) is 0.721. The third kappa shape index (κ3) is 3.62. The number of hydrogen-bond acceptors (Lipinski definition) is 4. The zero-order valence-corrected chi connectivity index (χ0v) is 10.8. The van der Waals surface area contributed by atoms with Crippen molar-refractivity contribution in [1.29, 1.82) is 0 Å². The van der Waals surface area contributed by atoms with Gasteiger partial charge in [0.2, 0.25) is 5.91 Å². The number of hydrogen-bond donors (Lipinski definition) is 3. The Balaban J connectivity index is 2.63. The summed E-state index contributed by atoms with van der Waals surface area (Å²) in [6.07, 6.45) is 3.48. The van der Waals surface area contributed by atoms with Gasteiger partial charge in [-0.05, 0) is 19.9 Å². The molecule has 1 heterocycles. The van der Waals surface area contributed by atoms with E-state index in [1.54, 1.807) is 19.4 Å². The van der Waals surface area contributed by atoms with Gasteiger partial charge in [0.1, 0.15) is 0 Å². The smallest absolute Gasteiger partial charge is 0.227 e. The van der Waals surface area contributed by atoms with Gasteiger partial charge in [0.15, 0.2) is 0 Å². The van der Waals surface area contributed by atoms with Crippen molar-refractivity contribution in [1.82, 2.24) is 10.3 Å². The minimum Gasteiger partial charge on any atom is -0.387 e. The number of pyridine rings is 1. The number of rotatable bonds is 5. The lowest BCUT2D eigenvalue weighted by Gasteiger charge is -2.23. The second kappa shape index (κ2) is 5.52. The van der Waals surface area contributed by atoms with Crippen LogP contribution in [0.3, 0.4) is 0 Å². The second-order valence-electron chi connectivity index (χ2n) is 4.53. The molecule has 1 aromatic rings. The summed E-state index contributed by atoms with van der Waals surface area (Å²) in [6.45, 7) is 4.35. The monoisotopic (exact) mass is 236 g/mol. The largest absolute Gasteiger partial charge is 0.387 e. The molecule has 5 heteroatoms. The van der Waals surface area contributed by atoms with E-state index in [4.69, 9.17) is 0 Å². The van der Waals surface area contributed by atoms with E-state index in [1.807, 2.05) is 27.0 Å². The van der Waals surface area contributed by atoms with Crippen LogP contribution in [0.2, 0.25) is 0 Å². The molecule has 0 unspecified atom stereocenters. The Labute approximate surface area is 102 Å². The van der Waals surface area contributed by atoms with Crippen LogP contribution in [0.25, 0.3) is 0 Å². The number of amides is 1. The highest BCUT2D eigenvalue weighted by Crippen LogP contribution is 2.18. The van der Waals surface area contributed by atoms with Crippen molar-refractivity contribution in [3.8, 4) is 0 Å². The lowest BCUT2D eigenvalue weighted by Crippen LogP contribution is -2.39. The molecule has 3 N–H and O–H groups in total. The van der Waals surface area contributed by atoms with Gasteiger partial charge in [0.05, 0.1) is 29.2 Å². The van der Waals surface area contributed by atoms with Gasteiger partial charge in [-0.1, -0.05) is 0 Å². The standard InChI is InChI=1S/C12H20N4O/c1-12(2,11(17)14-4)8-16-10-5-9(13-3)6-15-7-10/h5-7,13,16H,8H2,1-4H3,(H,14,17). The van der Waals surface area contributed by atoms with Crippen molar-refractivity contribution in [3.05, 3.63) is 18.5 Å². The van der Waals surface area contributed by atoms with Crippen LogP contribution >= 0.6 is 0 Å². The predicted molar refractivity (Wildman–Crippen MR) is 70.1 cm³/mol. The molecule has 1 aromatic heterocycles. The summed E-state index contributed by atoms with van der Waals surface area (Å²) in [6, 6.07) is 1.95. The maximum atomic E-state index is 11.6. The van der Waals surface area contributed by atoms with Crippen molar-refractivity contribution in [2.75, 3.05) is 31.3 Å². The van der Waals surface area contributed by atoms with E-state index in [9.17, 15) is 4.79 Å². The van der Waals surface area contributed by atoms with E-state index in [0.717, 1.165) is 11.4 Å². The number of nitrogens with one attached hydrogen (secondary N) is 3. The third-order valence-electron chi connectivity index (χ3n) is 2.60. The molecule has 0 bridgehead atoms. The highest BCUT2D eigenvalue weighted by Gasteiger charge is 2.26.